The molecule has 0 amide bonds. The van der Waals surface area contributed by atoms with Crippen LogP contribution < -0.4 is 29.9 Å². The van der Waals surface area contributed by atoms with Crippen molar-refractivity contribution in [2.45, 2.75) is 52.4 Å². The molecule has 3 heterocycles. The Balaban J connectivity index is 1.51. The van der Waals surface area contributed by atoms with Gasteiger partial charge in [-0.15, -0.1) is 0 Å². The average Bonchev–Trinajstić information content (AvgIpc) is 2.91. The van der Waals surface area contributed by atoms with Crippen molar-refractivity contribution >= 4 is 52.2 Å². The lowest BCUT2D eigenvalue weighted by Crippen LogP contribution is -2.62. The number of benzene rings is 5. The molecule has 0 atom stereocenters. The van der Waals surface area contributed by atoms with E-state index in [-0.39, 0.29) is 10.8 Å². The van der Waals surface area contributed by atoms with Gasteiger partial charge in [-0.05, 0) is 58.0 Å². The third-order valence-electron chi connectivity index (χ3n) is 8.75. The highest BCUT2D eigenvalue weighted by molar-refractivity contribution is 7.00. The summed E-state index contributed by atoms with van der Waals surface area (Å²) in [6, 6.07) is 31.0. The normalized spacial score (nSPS) is 15.0. The van der Waals surface area contributed by atoms with Crippen LogP contribution in [0.4, 0.5) is 17.1 Å². The molecule has 0 aromatic heterocycles. The summed E-state index contributed by atoms with van der Waals surface area (Å²) in [6.07, 6.45) is 0. The highest BCUT2D eigenvalue weighted by Crippen LogP contribution is 2.49. The summed E-state index contributed by atoms with van der Waals surface area (Å²) < 4.78 is 13.8. The van der Waals surface area contributed by atoms with Crippen LogP contribution in [0, 0.1) is 0 Å². The first-order chi connectivity index (χ1) is 19.1. The fraction of sp³-hybridized carbons (Fsp3) is 0.222. The van der Waals surface area contributed by atoms with Gasteiger partial charge in [0.25, 0.3) is 0 Å². The van der Waals surface area contributed by atoms with E-state index < -0.39 is 8.80 Å². The molecule has 0 N–H and O–H groups in total. The van der Waals surface area contributed by atoms with Crippen molar-refractivity contribution in [2.24, 2.45) is 0 Å². The van der Waals surface area contributed by atoms with Gasteiger partial charge in [0.05, 0.1) is 0 Å². The number of ether oxygens (including phenoxy) is 2. The highest BCUT2D eigenvalue weighted by Gasteiger charge is 2.48. The maximum Gasteiger partial charge on any atom is 0.157 e. The minimum Gasteiger partial charge on any atom is -0.457 e. The van der Waals surface area contributed by atoms with Crippen LogP contribution in [0.1, 0.15) is 52.7 Å². The molecular weight excluding hydrogens is 506 g/mol. The molecule has 3 aliphatic heterocycles. The fourth-order valence-electron chi connectivity index (χ4n) is 6.89. The molecule has 0 fully saturated rings. The fourth-order valence-corrected chi connectivity index (χ4v) is 10.6. The molecular formula is C36H33NO2Si. The Morgan fingerprint density at radius 1 is 0.550 bits per heavy atom. The molecule has 3 aliphatic rings. The van der Waals surface area contributed by atoms with Gasteiger partial charge in [-0.2, -0.15) is 0 Å². The molecule has 0 spiro atoms. The van der Waals surface area contributed by atoms with Crippen LogP contribution >= 0.6 is 0 Å². The van der Waals surface area contributed by atoms with E-state index in [9.17, 15) is 0 Å². The summed E-state index contributed by atoms with van der Waals surface area (Å²) in [6.45, 7) is 13.7. The molecule has 198 valence electrons. The molecule has 8 rings (SSSR count). The Morgan fingerprint density at radius 2 is 1.10 bits per heavy atom. The van der Waals surface area contributed by atoms with E-state index in [1.165, 1.54) is 48.8 Å². The maximum atomic E-state index is 6.89. The zero-order chi connectivity index (χ0) is 27.6. The Morgan fingerprint density at radius 3 is 1.65 bits per heavy atom. The summed E-state index contributed by atoms with van der Waals surface area (Å²) in [5.41, 5.74) is 6.05. The van der Waals surface area contributed by atoms with E-state index in [0.717, 1.165) is 28.7 Å². The first-order valence-corrected chi connectivity index (χ1v) is 16.0. The molecule has 0 saturated carbocycles. The van der Waals surface area contributed by atoms with Gasteiger partial charge in [0.2, 0.25) is 0 Å². The first-order valence-electron chi connectivity index (χ1n) is 14.2. The quantitative estimate of drug-likeness (QED) is 0.200. The van der Waals surface area contributed by atoms with Crippen LogP contribution in [0.15, 0.2) is 84.9 Å². The largest absolute Gasteiger partial charge is 0.457 e. The molecule has 0 unspecified atom stereocenters. The minimum absolute atomic E-state index is 0.0524. The number of hydrogen-bond donors (Lipinski definition) is 0. The van der Waals surface area contributed by atoms with E-state index >= 15 is 0 Å². The van der Waals surface area contributed by atoms with Crippen molar-refractivity contribution in [3.63, 3.8) is 0 Å². The second kappa shape index (κ2) is 7.79. The smallest absolute Gasteiger partial charge is 0.157 e. The Bertz CT molecular complexity index is 1800. The number of anilines is 3. The third kappa shape index (κ3) is 3.17. The van der Waals surface area contributed by atoms with Crippen LogP contribution in [-0.2, 0) is 10.8 Å². The van der Waals surface area contributed by atoms with Crippen molar-refractivity contribution in [3.05, 3.63) is 96.1 Å². The summed E-state index contributed by atoms with van der Waals surface area (Å²) in [7, 11) is -1.92. The zero-order valence-corrected chi connectivity index (χ0v) is 25.1. The van der Waals surface area contributed by atoms with Crippen molar-refractivity contribution < 1.29 is 9.47 Å². The monoisotopic (exact) mass is 539 g/mol. The Kier molecular flexibility index (Phi) is 4.64. The predicted octanol–water partition coefficient (Wildman–Crippen LogP) is 7.68. The van der Waals surface area contributed by atoms with Crippen LogP contribution in [0.25, 0.3) is 10.8 Å². The molecule has 5 aromatic carbocycles. The van der Waals surface area contributed by atoms with Gasteiger partial charge >= 0.3 is 0 Å². The molecule has 40 heavy (non-hydrogen) atoms. The highest BCUT2D eigenvalue weighted by atomic mass is 28.3. The summed E-state index contributed by atoms with van der Waals surface area (Å²) >= 11 is 0. The average molecular weight is 540 g/mol. The van der Waals surface area contributed by atoms with Crippen LogP contribution in [-0.4, -0.2) is 8.80 Å². The van der Waals surface area contributed by atoms with Gasteiger partial charge in [-0.1, -0.05) is 90.1 Å². The lowest BCUT2D eigenvalue weighted by molar-refractivity contribution is 0.441. The van der Waals surface area contributed by atoms with Gasteiger partial charge in [-0.3, -0.25) is 0 Å². The van der Waals surface area contributed by atoms with E-state index in [2.05, 4.69) is 131 Å². The zero-order valence-electron chi connectivity index (χ0n) is 23.9. The van der Waals surface area contributed by atoms with Gasteiger partial charge in [0, 0.05) is 43.7 Å². The van der Waals surface area contributed by atoms with E-state index in [0.29, 0.717) is 0 Å². The molecule has 0 radical (unpaired) electrons. The predicted molar refractivity (Wildman–Crippen MR) is 169 cm³/mol. The van der Waals surface area contributed by atoms with Gasteiger partial charge in [-0.25, -0.2) is 0 Å². The molecule has 3 nitrogen and oxygen atoms in total. The Hall–Kier alpha value is -4.02. The molecule has 0 saturated heterocycles. The van der Waals surface area contributed by atoms with Crippen molar-refractivity contribution in [1.29, 1.82) is 0 Å². The molecule has 4 heteroatoms. The lowest BCUT2D eigenvalue weighted by Gasteiger charge is -2.45. The number of rotatable bonds is 1. The van der Waals surface area contributed by atoms with Gasteiger partial charge in [0.15, 0.2) is 8.80 Å². The van der Waals surface area contributed by atoms with Gasteiger partial charge < -0.3 is 14.4 Å². The number of nitrogens with zero attached hydrogens (tertiary/aromatic N) is 1. The van der Waals surface area contributed by atoms with E-state index in [1.54, 1.807) is 0 Å². The van der Waals surface area contributed by atoms with Crippen molar-refractivity contribution in [2.75, 3.05) is 4.90 Å². The van der Waals surface area contributed by atoms with E-state index in [4.69, 9.17) is 9.47 Å². The summed E-state index contributed by atoms with van der Waals surface area (Å²) in [4.78, 5) is 2.46. The Labute approximate surface area is 237 Å². The molecule has 0 bridgehead atoms. The lowest BCUT2D eigenvalue weighted by atomic mass is 9.85. The van der Waals surface area contributed by atoms with Gasteiger partial charge in [0.1, 0.15) is 23.0 Å². The second-order valence-corrected chi connectivity index (χ2v) is 16.0. The van der Waals surface area contributed by atoms with Crippen LogP contribution in [0.5, 0.6) is 23.0 Å². The minimum atomic E-state index is -1.92. The standard InChI is InChI=1S/C36H33NO2Si/c1-35(2,3)24-16-18-26-32-30(24)38-28-12-9-13-29-34(28)40(32)33-27(19-17-25(31(33)39-29)36(4,5)6)37(26)23-15-14-21-10-7-8-11-22(21)20-23/h7-20,40H,1-6H3. The SMILES string of the molecule is CC(C)(C)c1ccc2c3c1Oc1cccc4c1[SiH]3c1c(ccc(C(C)(C)C)c1O4)N2c1ccc2ccccc2c1. The summed E-state index contributed by atoms with van der Waals surface area (Å²) in [5, 5.41) is 6.52. The molecule has 0 aliphatic carbocycles. The molecule has 5 aromatic rings. The number of hydrogen-bond acceptors (Lipinski definition) is 3. The number of fused-ring (bicyclic) bond motifs is 1. The van der Waals surface area contributed by atoms with E-state index in [1.807, 2.05) is 0 Å². The summed E-state index contributed by atoms with van der Waals surface area (Å²) in [5.74, 6) is 4.02. The topological polar surface area (TPSA) is 21.7 Å². The third-order valence-corrected chi connectivity index (χ3v) is 12.2. The van der Waals surface area contributed by atoms with Crippen molar-refractivity contribution in [1.82, 2.24) is 0 Å². The maximum absolute atomic E-state index is 6.89. The van der Waals surface area contributed by atoms with Crippen LogP contribution in [0.3, 0.4) is 0 Å². The van der Waals surface area contributed by atoms with Crippen LogP contribution in [0.2, 0.25) is 0 Å². The second-order valence-electron chi connectivity index (χ2n) is 13.4. The first kappa shape index (κ1) is 23.8. The van der Waals surface area contributed by atoms with Crippen molar-refractivity contribution in [3.8, 4) is 23.0 Å².